The van der Waals surface area contributed by atoms with Crippen LogP contribution in [-0.4, -0.2) is 10.9 Å². The number of carbonyl (C=O) groups excluding carboxylic acids is 1. The van der Waals surface area contributed by atoms with Crippen LogP contribution >= 0.6 is 0 Å². The lowest BCUT2D eigenvalue weighted by Gasteiger charge is -2.09. The molecule has 1 heterocycles. The van der Waals surface area contributed by atoms with Gasteiger partial charge in [-0.3, -0.25) is 4.79 Å². The predicted octanol–water partition coefficient (Wildman–Crippen LogP) is 4.63. The van der Waals surface area contributed by atoms with E-state index in [2.05, 4.69) is 15.6 Å². The van der Waals surface area contributed by atoms with Gasteiger partial charge >= 0.3 is 0 Å². The number of anilines is 3. The molecule has 0 aliphatic heterocycles. The minimum atomic E-state index is -1.67. The van der Waals surface area contributed by atoms with E-state index in [0.717, 1.165) is 6.07 Å². The molecule has 1 aromatic heterocycles. The zero-order valence-corrected chi connectivity index (χ0v) is 13.1. The Morgan fingerprint density at radius 2 is 1.62 bits per heavy atom. The van der Waals surface area contributed by atoms with Crippen molar-refractivity contribution in [3.8, 4) is 0 Å². The van der Waals surface area contributed by atoms with Crippen LogP contribution in [-0.2, 0) is 0 Å². The molecule has 0 fully saturated rings. The highest BCUT2D eigenvalue weighted by atomic mass is 19.2. The topological polar surface area (TPSA) is 54.0 Å². The van der Waals surface area contributed by atoms with Crippen molar-refractivity contribution in [3.05, 3.63) is 83.6 Å². The molecule has 0 saturated carbocycles. The molecule has 0 bridgehead atoms. The van der Waals surface area contributed by atoms with Crippen molar-refractivity contribution in [3.63, 3.8) is 0 Å². The van der Waals surface area contributed by atoms with Gasteiger partial charge in [0.2, 0.25) is 0 Å². The summed E-state index contributed by atoms with van der Waals surface area (Å²) in [5, 5.41) is 5.04. The van der Waals surface area contributed by atoms with Crippen molar-refractivity contribution in [1.82, 2.24) is 4.98 Å². The largest absolute Gasteiger partial charge is 0.340 e. The third-order valence-electron chi connectivity index (χ3n) is 3.42. The fourth-order valence-electron chi connectivity index (χ4n) is 2.14. The third kappa shape index (κ3) is 3.80. The SMILES string of the molecule is O=C(Nc1ccc(F)c(F)c1F)c1ccnc(Nc2ccc(F)cc2)c1. The highest BCUT2D eigenvalue weighted by Crippen LogP contribution is 2.21. The Morgan fingerprint density at radius 3 is 2.35 bits per heavy atom. The van der Waals surface area contributed by atoms with Crippen LogP contribution in [0, 0.1) is 23.3 Å². The van der Waals surface area contributed by atoms with E-state index < -0.39 is 34.9 Å². The zero-order chi connectivity index (χ0) is 18.7. The first-order chi connectivity index (χ1) is 12.4. The van der Waals surface area contributed by atoms with Gasteiger partial charge in [0.25, 0.3) is 5.91 Å². The van der Waals surface area contributed by atoms with Gasteiger partial charge in [0, 0.05) is 17.4 Å². The second kappa shape index (κ2) is 7.22. The first-order valence-corrected chi connectivity index (χ1v) is 7.37. The van der Waals surface area contributed by atoms with Gasteiger partial charge in [-0.1, -0.05) is 0 Å². The summed E-state index contributed by atoms with van der Waals surface area (Å²) in [6, 6.07) is 9.85. The van der Waals surface area contributed by atoms with Crippen LogP contribution in [0.5, 0.6) is 0 Å². The molecule has 0 unspecified atom stereocenters. The minimum Gasteiger partial charge on any atom is -0.340 e. The van der Waals surface area contributed by atoms with Crippen molar-refractivity contribution in [2.24, 2.45) is 0 Å². The average Bonchev–Trinajstić information content (AvgIpc) is 2.64. The molecule has 132 valence electrons. The number of hydrogen-bond donors (Lipinski definition) is 2. The van der Waals surface area contributed by atoms with Crippen molar-refractivity contribution in [1.29, 1.82) is 0 Å². The molecular weight excluding hydrogens is 350 g/mol. The van der Waals surface area contributed by atoms with Crippen molar-refractivity contribution >= 4 is 23.1 Å². The van der Waals surface area contributed by atoms with Crippen LogP contribution < -0.4 is 10.6 Å². The number of carbonyl (C=O) groups is 1. The number of nitrogens with one attached hydrogen (secondary N) is 2. The van der Waals surface area contributed by atoms with Gasteiger partial charge in [-0.2, -0.15) is 0 Å². The van der Waals surface area contributed by atoms with Crippen LogP contribution in [0.2, 0.25) is 0 Å². The van der Waals surface area contributed by atoms with E-state index in [1.807, 2.05) is 0 Å². The lowest BCUT2D eigenvalue weighted by Crippen LogP contribution is -2.14. The van der Waals surface area contributed by atoms with E-state index in [9.17, 15) is 22.4 Å². The van der Waals surface area contributed by atoms with Crippen molar-refractivity contribution in [2.45, 2.75) is 0 Å². The number of aromatic nitrogens is 1. The Bertz CT molecular complexity index is 961. The van der Waals surface area contributed by atoms with Crippen molar-refractivity contribution in [2.75, 3.05) is 10.6 Å². The van der Waals surface area contributed by atoms with Crippen LogP contribution in [0.1, 0.15) is 10.4 Å². The van der Waals surface area contributed by atoms with Crippen LogP contribution in [0.25, 0.3) is 0 Å². The van der Waals surface area contributed by atoms with E-state index in [0.29, 0.717) is 11.8 Å². The van der Waals surface area contributed by atoms with Gasteiger partial charge in [0.1, 0.15) is 11.6 Å². The molecular formula is C18H11F4N3O. The standard InChI is InChI=1S/C18H11F4N3O/c19-11-1-3-12(4-2-11)24-15-9-10(7-8-23-15)18(26)25-14-6-5-13(20)16(21)17(14)22/h1-9H,(H,23,24)(H,25,26). The summed E-state index contributed by atoms with van der Waals surface area (Å²) in [4.78, 5) is 16.2. The molecule has 0 atom stereocenters. The Kier molecular flexibility index (Phi) is 4.83. The number of amides is 1. The first-order valence-electron chi connectivity index (χ1n) is 7.37. The summed E-state index contributed by atoms with van der Waals surface area (Å²) in [5.74, 6) is -5.36. The van der Waals surface area contributed by atoms with E-state index >= 15 is 0 Å². The molecule has 2 N–H and O–H groups in total. The van der Waals surface area contributed by atoms with Gasteiger partial charge in [0.15, 0.2) is 17.5 Å². The second-order valence-corrected chi connectivity index (χ2v) is 5.24. The first kappa shape index (κ1) is 17.4. The van der Waals surface area contributed by atoms with Gasteiger partial charge in [-0.15, -0.1) is 0 Å². The van der Waals surface area contributed by atoms with E-state index in [4.69, 9.17) is 0 Å². The summed E-state index contributed by atoms with van der Waals surface area (Å²) < 4.78 is 52.7. The summed E-state index contributed by atoms with van der Waals surface area (Å²) in [6.07, 6.45) is 1.34. The molecule has 2 aromatic carbocycles. The molecule has 8 heteroatoms. The van der Waals surface area contributed by atoms with E-state index in [1.165, 1.54) is 42.6 Å². The zero-order valence-electron chi connectivity index (χ0n) is 13.1. The Balaban J connectivity index is 1.78. The molecule has 0 saturated heterocycles. The Hall–Kier alpha value is -3.42. The molecule has 0 radical (unpaired) electrons. The number of pyridine rings is 1. The highest BCUT2D eigenvalue weighted by Gasteiger charge is 2.16. The van der Waals surface area contributed by atoms with Gasteiger partial charge in [-0.25, -0.2) is 22.5 Å². The highest BCUT2D eigenvalue weighted by molar-refractivity contribution is 6.04. The summed E-state index contributed by atoms with van der Waals surface area (Å²) in [7, 11) is 0. The van der Waals surface area contributed by atoms with Crippen molar-refractivity contribution < 1.29 is 22.4 Å². The number of nitrogens with zero attached hydrogens (tertiary/aromatic N) is 1. The number of hydrogen-bond acceptors (Lipinski definition) is 3. The quantitative estimate of drug-likeness (QED) is 0.526. The molecule has 1 amide bonds. The normalized spacial score (nSPS) is 10.5. The molecule has 0 aliphatic rings. The number of rotatable bonds is 4. The molecule has 0 aliphatic carbocycles. The minimum absolute atomic E-state index is 0.105. The van der Waals surface area contributed by atoms with Gasteiger partial charge in [0.05, 0.1) is 5.69 Å². The average molecular weight is 361 g/mol. The van der Waals surface area contributed by atoms with Crippen LogP contribution in [0.3, 0.4) is 0 Å². The number of benzene rings is 2. The number of halogens is 4. The predicted molar refractivity (Wildman–Crippen MR) is 88.2 cm³/mol. The molecule has 3 aromatic rings. The lowest BCUT2D eigenvalue weighted by atomic mass is 10.2. The van der Waals surface area contributed by atoms with E-state index in [1.54, 1.807) is 0 Å². The maximum Gasteiger partial charge on any atom is 0.255 e. The summed E-state index contributed by atoms with van der Waals surface area (Å²) in [5.41, 5.74) is 0.163. The summed E-state index contributed by atoms with van der Waals surface area (Å²) in [6.45, 7) is 0. The smallest absolute Gasteiger partial charge is 0.255 e. The van der Waals surface area contributed by atoms with Gasteiger partial charge in [-0.05, 0) is 48.5 Å². The fourth-order valence-corrected chi connectivity index (χ4v) is 2.14. The summed E-state index contributed by atoms with van der Waals surface area (Å²) >= 11 is 0. The van der Waals surface area contributed by atoms with Crippen LogP contribution in [0.4, 0.5) is 34.8 Å². The lowest BCUT2D eigenvalue weighted by molar-refractivity contribution is 0.102. The third-order valence-corrected chi connectivity index (χ3v) is 3.42. The Labute approximate surface area is 145 Å². The van der Waals surface area contributed by atoms with E-state index in [-0.39, 0.29) is 11.4 Å². The second-order valence-electron chi connectivity index (χ2n) is 5.24. The maximum atomic E-state index is 13.7. The molecule has 4 nitrogen and oxygen atoms in total. The van der Waals surface area contributed by atoms with Gasteiger partial charge < -0.3 is 10.6 Å². The molecule has 3 rings (SSSR count). The van der Waals surface area contributed by atoms with Crippen LogP contribution in [0.15, 0.2) is 54.7 Å². The maximum absolute atomic E-state index is 13.7. The fraction of sp³-hybridized carbons (Fsp3) is 0. The molecule has 0 spiro atoms. The Morgan fingerprint density at radius 1 is 0.885 bits per heavy atom. The monoisotopic (exact) mass is 361 g/mol. The molecule has 26 heavy (non-hydrogen) atoms.